The van der Waals surface area contributed by atoms with Crippen molar-refractivity contribution in [1.82, 2.24) is 9.47 Å². The van der Waals surface area contributed by atoms with Crippen LogP contribution in [-0.4, -0.2) is 66.9 Å². The zero-order valence-electron chi connectivity index (χ0n) is 18.5. The maximum Gasteiger partial charge on any atom is 0.326 e. The van der Waals surface area contributed by atoms with Crippen molar-refractivity contribution in [3.8, 4) is 0 Å². The van der Waals surface area contributed by atoms with Crippen molar-refractivity contribution < 1.29 is 31.9 Å². The quantitative estimate of drug-likeness (QED) is 0.534. The highest BCUT2D eigenvalue weighted by Crippen LogP contribution is 2.19. The van der Waals surface area contributed by atoms with E-state index in [1.54, 1.807) is 6.92 Å². The minimum Gasteiger partial charge on any atom is -0.465 e. The van der Waals surface area contributed by atoms with Gasteiger partial charge < -0.3 is 14.2 Å². The summed E-state index contributed by atoms with van der Waals surface area (Å²) in [6.45, 7) is 4.61. The number of piperidine rings is 1. The number of hydrogen-bond donors (Lipinski definition) is 0. The Hall–Kier alpha value is -2.60. The number of amides is 2. The molecule has 3 rings (SSSR count). The van der Waals surface area contributed by atoms with Crippen molar-refractivity contribution in [1.29, 1.82) is 0 Å². The summed E-state index contributed by atoms with van der Waals surface area (Å²) >= 11 is 0.947. The van der Waals surface area contributed by atoms with Gasteiger partial charge in [0.25, 0.3) is 5.91 Å². The lowest BCUT2D eigenvalue weighted by molar-refractivity contribution is -0.143. The molecule has 1 saturated heterocycles. The molecular formula is C21H26FN3O6S2. The van der Waals surface area contributed by atoms with E-state index in [0.717, 1.165) is 24.2 Å². The summed E-state index contributed by atoms with van der Waals surface area (Å²) in [6, 6.07) is 3.89. The first-order valence-corrected chi connectivity index (χ1v) is 13.2. The molecule has 1 aliphatic rings. The van der Waals surface area contributed by atoms with Crippen LogP contribution in [0.3, 0.4) is 0 Å². The number of carbonyl (C=O) groups excluding carboxylic acids is 3. The summed E-state index contributed by atoms with van der Waals surface area (Å²) in [7, 11) is -4.04. The highest BCUT2D eigenvalue weighted by Gasteiger charge is 2.26. The van der Waals surface area contributed by atoms with Gasteiger partial charge in [0.1, 0.15) is 23.9 Å². The van der Waals surface area contributed by atoms with Crippen molar-refractivity contribution in [2.75, 3.05) is 31.2 Å². The van der Waals surface area contributed by atoms with E-state index in [1.165, 1.54) is 27.7 Å². The Balaban J connectivity index is 1.80. The predicted octanol–water partition coefficient (Wildman–Crippen LogP) is 1.51. The third-order valence-corrected chi connectivity index (χ3v) is 7.70. The number of likely N-dealkylation sites (tertiary alicyclic amines) is 1. The van der Waals surface area contributed by atoms with Gasteiger partial charge in [0.2, 0.25) is 5.91 Å². The van der Waals surface area contributed by atoms with E-state index in [1.807, 2.05) is 0 Å². The highest BCUT2D eigenvalue weighted by molar-refractivity contribution is 7.92. The lowest BCUT2D eigenvalue weighted by Gasteiger charge is -2.30. The first kappa shape index (κ1) is 25.0. The van der Waals surface area contributed by atoms with Crippen LogP contribution in [0, 0.1) is 11.7 Å². The van der Waals surface area contributed by atoms with E-state index in [0.29, 0.717) is 29.2 Å². The van der Waals surface area contributed by atoms with Gasteiger partial charge in [0, 0.05) is 13.1 Å². The number of aromatic nitrogens is 1. The van der Waals surface area contributed by atoms with Crippen LogP contribution in [0.5, 0.6) is 0 Å². The molecular weight excluding hydrogens is 473 g/mol. The molecule has 2 aromatic rings. The van der Waals surface area contributed by atoms with Crippen LogP contribution < -0.4 is 4.80 Å². The van der Waals surface area contributed by atoms with Gasteiger partial charge in [0.15, 0.2) is 14.6 Å². The van der Waals surface area contributed by atoms with Gasteiger partial charge in [0.05, 0.1) is 16.8 Å². The molecule has 1 fully saturated rings. The average Bonchev–Trinajstić information content (AvgIpc) is 3.03. The Kier molecular flexibility index (Phi) is 8.01. The minimum absolute atomic E-state index is 0.0418. The number of nitrogens with zero attached hydrogens (tertiary/aromatic N) is 3. The number of benzene rings is 1. The topological polar surface area (TPSA) is 115 Å². The molecule has 2 amide bonds. The highest BCUT2D eigenvalue weighted by atomic mass is 32.2. The molecule has 1 aromatic heterocycles. The van der Waals surface area contributed by atoms with Gasteiger partial charge >= 0.3 is 5.97 Å². The zero-order chi connectivity index (χ0) is 24.2. The molecule has 12 heteroatoms. The molecule has 0 bridgehead atoms. The van der Waals surface area contributed by atoms with Crippen molar-refractivity contribution in [3.63, 3.8) is 0 Å². The molecule has 1 aromatic carbocycles. The molecule has 0 atom stereocenters. The van der Waals surface area contributed by atoms with Gasteiger partial charge in [-0.25, -0.2) is 12.8 Å². The predicted molar refractivity (Wildman–Crippen MR) is 121 cm³/mol. The lowest BCUT2D eigenvalue weighted by atomic mass is 9.99. The van der Waals surface area contributed by atoms with E-state index in [2.05, 4.69) is 11.9 Å². The van der Waals surface area contributed by atoms with Gasteiger partial charge in [-0.15, -0.1) is 0 Å². The van der Waals surface area contributed by atoms with Crippen LogP contribution >= 0.6 is 11.3 Å². The molecule has 33 heavy (non-hydrogen) atoms. The molecule has 0 aliphatic carbocycles. The Morgan fingerprint density at radius 2 is 1.91 bits per heavy atom. The standard InChI is InChI=1S/C21H26FN3O6S2/c1-3-31-20(28)11-25-16-5-4-15(22)10-17(16)32-21(25)23-18(26)12-33(29,30)13-19(27)24-8-6-14(2)7-9-24/h4-5,10,14H,3,6-9,11-13H2,1-2H3. The molecule has 0 unspecified atom stereocenters. The number of thiazole rings is 1. The van der Waals surface area contributed by atoms with Gasteiger partial charge in [-0.2, -0.15) is 4.99 Å². The fraction of sp³-hybridized carbons (Fsp3) is 0.524. The molecule has 0 saturated carbocycles. The van der Waals surface area contributed by atoms with E-state index < -0.39 is 44.9 Å². The second-order valence-corrected chi connectivity index (χ2v) is 11.1. The Morgan fingerprint density at radius 1 is 1.21 bits per heavy atom. The summed E-state index contributed by atoms with van der Waals surface area (Å²) < 4.78 is 45.3. The summed E-state index contributed by atoms with van der Waals surface area (Å²) in [4.78, 5) is 42.2. The Labute approximate surface area is 194 Å². The number of fused-ring (bicyclic) bond motifs is 1. The molecule has 0 radical (unpaired) electrons. The summed E-state index contributed by atoms with van der Waals surface area (Å²) in [5.74, 6) is -3.79. The van der Waals surface area contributed by atoms with Crippen molar-refractivity contribution in [3.05, 3.63) is 28.8 Å². The molecule has 2 heterocycles. The van der Waals surface area contributed by atoms with Crippen molar-refractivity contribution in [2.24, 2.45) is 10.9 Å². The molecule has 0 spiro atoms. The first-order chi connectivity index (χ1) is 15.6. The number of esters is 1. The van der Waals surface area contributed by atoms with Crippen LogP contribution in [0.2, 0.25) is 0 Å². The van der Waals surface area contributed by atoms with Crippen molar-refractivity contribution in [2.45, 2.75) is 33.2 Å². The monoisotopic (exact) mass is 499 g/mol. The first-order valence-electron chi connectivity index (χ1n) is 10.6. The van der Waals surface area contributed by atoms with Crippen LogP contribution in [0.15, 0.2) is 23.2 Å². The number of ether oxygens (including phenoxy) is 1. The molecule has 0 N–H and O–H groups in total. The third kappa shape index (κ3) is 6.70. The van der Waals surface area contributed by atoms with Gasteiger partial charge in [-0.1, -0.05) is 18.3 Å². The Morgan fingerprint density at radius 3 is 2.58 bits per heavy atom. The second kappa shape index (κ2) is 10.6. The molecule has 1 aliphatic heterocycles. The maximum absolute atomic E-state index is 13.6. The second-order valence-electron chi connectivity index (χ2n) is 7.99. The minimum atomic E-state index is -4.04. The van der Waals surface area contributed by atoms with Gasteiger partial charge in [-0.3, -0.25) is 14.4 Å². The summed E-state index contributed by atoms with van der Waals surface area (Å²) in [6.07, 6.45) is 1.63. The summed E-state index contributed by atoms with van der Waals surface area (Å²) in [5, 5.41) is 0. The summed E-state index contributed by atoms with van der Waals surface area (Å²) in [5.41, 5.74) is 0.457. The van der Waals surface area contributed by atoms with E-state index in [9.17, 15) is 27.2 Å². The van der Waals surface area contributed by atoms with Crippen LogP contribution in [0.4, 0.5) is 4.39 Å². The van der Waals surface area contributed by atoms with Gasteiger partial charge in [-0.05, 0) is 43.9 Å². The lowest BCUT2D eigenvalue weighted by Crippen LogP contribution is -2.41. The SMILES string of the molecule is CCOC(=O)Cn1c(=NC(=O)CS(=O)(=O)CC(=O)N2CCC(C)CC2)sc2cc(F)ccc21. The zero-order valence-corrected chi connectivity index (χ0v) is 20.1. The maximum atomic E-state index is 13.6. The van der Waals surface area contributed by atoms with E-state index in [-0.39, 0.29) is 18.0 Å². The van der Waals surface area contributed by atoms with E-state index >= 15 is 0 Å². The number of sulfone groups is 1. The van der Waals surface area contributed by atoms with Crippen LogP contribution in [0.25, 0.3) is 10.2 Å². The smallest absolute Gasteiger partial charge is 0.326 e. The largest absolute Gasteiger partial charge is 0.465 e. The van der Waals surface area contributed by atoms with E-state index in [4.69, 9.17) is 4.74 Å². The molecule has 180 valence electrons. The third-order valence-electron chi connectivity index (χ3n) is 5.28. The number of hydrogen-bond acceptors (Lipinski definition) is 7. The van der Waals surface area contributed by atoms with Crippen LogP contribution in [-0.2, 0) is 35.5 Å². The number of halogens is 1. The normalized spacial score (nSPS) is 15.7. The van der Waals surface area contributed by atoms with Crippen molar-refractivity contribution >= 4 is 49.2 Å². The average molecular weight is 500 g/mol. The Bertz CT molecular complexity index is 1230. The fourth-order valence-electron chi connectivity index (χ4n) is 3.54. The number of rotatable bonds is 7. The molecule has 9 nitrogen and oxygen atoms in total. The van der Waals surface area contributed by atoms with Crippen LogP contribution in [0.1, 0.15) is 26.7 Å². The number of carbonyl (C=O) groups is 3. The fourth-order valence-corrected chi connectivity index (χ4v) is 5.71.